The van der Waals surface area contributed by atoms with E-state index in [1.807, 2.05) is 0 Å². The van der Waals surface area contributed by atoms with Crippen molar-refractivity contribution in [3.63, 3.8) is 0 Å². The number of aliphatic carboxylic acids is 1. The second kappa shape index (κ2) is 8.91. The number of hydrogen-bond donors (Lipinski definition) is 3. The van der Waals surface area contributed by atoms with Crippen LogP contribution in [0, 0.1) is 0 Å². The van der Waals surface area contributed by atoms with Crippen molar-refractivity contribution in [2.75, 3.05) is 26.1 Å². The molecule has 0 radical (unpaired) electrons. The monoisotopic (exact) mass is 392 g/mol. The number of carbonyl (C=O) groups excluding carboxylic acids is 2. The van der Waals surface area contributed by atoms with Crippen molar-refractivity contribution < 1.29 is 29.0 Å². The molecule has 0 saturated heterocycles. The summed E-state index contributed by atoms with van der Waals surface area (Å²) in [5.41, 5.74) is 0.659. The minimum atomic E-state index is -1.17. The van der Waals surface area contributed by atoms with Crippen molar-refractivity contribution in [3.05, 3.63) is 52.5 Å². The fourth-order valence-corrected chi connectivity index (χ4v) is 2.36. The number of carbonyl (C=O) groups is 3. The Balaban J connectivity index is 2.21. The van der Waals surface area contributed by atoms with E-state index < -0.39 is 24.3 Å². The van der Waals surface area contributed by atoms with E-state index in [9.17, 15) is 14.4 Å². The predicted octanol–water partition coefficient (Wildman–Crippen LogP) is 2.42. The molecule has 0 heterocycles. The van der Waals surface area contributed by atoms with Crippen LogP contribution in [0.15, 0.2) is 36.4 Å². The van der Waals surface area contributed by atoms with Crippen molar-refractivity contribution in [2.24, 2.45) is 0 Å². The quantitative estimate of drug-likeness (QED) is 0.666. The first-order chi connectivity index (χ1) is 12.8. The van der Waals surface area contributed by atoms with Gasteiger partial charge >= 0.3 is 5.97 Å². The molecule has 8 nitrogen and oxygen atoms in total. The SMILES string of the molecule is COc1ccc(C(=O)Nc2cc(C(=O)NCC(=O)O)ccc2Cl)cc1OC. The van der Waals surface area contributed by atoms with Gasteiger partial charge in [0.1, 0.15) is 6.54 Å². The summed E-state index contributed by atoms with van der Waals surface area (Å²) in [5.74, 6) is -1.38. The van der Waals surface area contributed by atoms with Gasteiger partial charge in [0.2, 0.25) is 0 Å². The first kappa shape index (κ1) is 20.1. The Hall–Kier alpha value is -3.26. The molecule has 2 amide bonds. The number of hydrogen-bond acceptors (Lipinski definition) is 5. The highest BCUT2D eigenvalue weighted by molar-refractivity contribution is 6.34. The molecule has 2 aromatic carbocycles. The molecule has 0 aliphatic rings. The molecule has 3 N–H and O–H groups in total. The second-order valence-corrected chi connectivity index (χ2v) is 5.70. The summed E-state index contributed by atoms with van der Waals surface area (Å²) in [6.45, 7) is -0.519. The van der Waals surface area contributed by atoms with Crippen LogP contribution < -0.4 is 20.1 Å². The Morgan fingerprint density at radius 3 is 2.22 bits per heavy atom. The molecule has 0 aromatic heterocycles. The van der Waals surface area contributed by atoms with Crippen molar-refractivity contribution in [1.29, 1.82) is 0 Å². The van der Waals surface area contributed by atoms with Crippen LogP contribution in [-0.4, -0.2) is 43.7 Å². The minimum Gasteiger partial charge on any atom is -0.493 e. The van der Waals surface area contributed by atoms with Gasteiger partial charge in [-0.05, 0) is 36.4 Å². The first-order valence-electron chi connectivity index (χ1n) is 7.68. The molecule has 27 heavy (non-hydrogen) atoms. The van der Waals surface area contributed by atoms with Gasteiger partial charge in [-0.1, -0.05) is 11.6 Å². The summed E-state index contributed by atoms with van der Waals surface area (Å²) in [6.07, 6.45) is 0. The lowest BCUT2D eigenvalue weighted by atomic mass is 10.1. The van der Waals surface area contributed by atoms with E-state index in [2.05, 4.69) is 10.6 Å². The molecule has 0 unspecified atom stereocenters. The number of halogens is 1. The molecule has 0 aliphatic carbocycles. The van der Waals surface area contributed by atoms with Crippen LogP contribution in [-0.2, 0) is 4.79 Å². The number of carboxylic acid groups (broad SMARTS) is 1. The molecular formula is C18H17ClN2O6. The molecular weight excluding hydrogens is 376 g/mol. The van der Waals surface area contributed by atoms with E-state index in [4.69, 9.17) is 26.2 Å². The largest absolute Gasteiger partial charge is 0.493 e. The topological polar surface area (TPSA) is 114 Å². The Labute approximate surface area is 160 Å². The van der Waals surface area contributed by atoms with Gasteiger partial charge in [0.15, 0.2) is 11.5 Å². The molecule has 0 fully saturated rings. The van der Waals surface area contributed by atoms with Crippen LogP contribution >= 0.6 is 11.6 Å². The highest BCUT2D eigenvalue weighted by Crippen LogP contribution is 2.29. The lowest BCUT2D eigenvalue weighted by Gasteiger charge is -2.12. The third-order valence-electron chi connectivity index (χ3n) is 3.52. The third-order valence-corrected chi connectivity index (χ3v) is 3.85. The smallest absolute Gasteiger partial charge is 0.322 e. The van der Waals surface area contributed by atoms with E-state index in [1.54, 1.807) is 12.1 Å². The van der Waals surface area contributed by atoms with Gasteiger partial charge < -0.3 is 25.2 Å². The molecule has 0 saturated carbocycles. The summed E-state index contributed by atoms with van der Waals surface area (Å²) in [6, 6.07) is 8.86. The Morgan fingerprint density at radius 2 is 1.59 bits per heavy atom. The van der Waals surface area contributed by atoms with Crippen molar-refractivity contribution in [2.45, 2.75) is 0 Å². The molecule has 0 aliphatic heterocycles. The van der Waals surface area contributed by atoms with Crippen molar-refractivity contribution in [3.8, 4) is 11.5 Å². The van der Waals surface area contributed by atoms with E-state index in [1.165, 1.54) is 38.5 Å². The van der Waals surface area contributed by atoms with E-state index in [-0.39, 0.29) is 16.3 Å². The molecule has 142 valence electrons. The lowest BCUT2D eigenvalue weighted by Crippen LogP contribution is -2.29. The highest BCUT2D eigenvalue weighted by atomic mass is 35.5. The summed E-state index contributed by atoms with van der Waals surface area (Å²) in [4.78, 5) is 35.0. The molecule has 0 spiro atoms. The zero-order valence-corrected chi connectivity index (χ0v) is 15.3. The number of carboxylic acids is 1. The first-order valence-corrected chi connectivity index (χ1v) is 8.06. The fraction of sp³-hybridized carbons (Fsp3) is 0.167. The predicted molar refractivity (Wildman–Crippen MR) is 98.9 cm³/mol. The van der Waals surface area contributed by atoms with E-state index >= 15 is 0 Å². The second-order valence-electron chi connectivity index (χ2n) is 5.29. The maximum atomic E-state index is 12.5. The molecule has 0 bridgehead atoms. The molecule has 0 atom stereocenters. The van der Waals surface area contributed by atoms with Crippen LogP contribution in [0.4, 0.5) is 5.69 Å². The Morgan fingerprint density at radius 1 is 0.963 bits per heavy atom. The van der Waals surface area contributed by atoms with Crippen LogP contribution in [0.25, 0.3) is 0 Å². The van der Waals surface area contributed by atoms with Crippen LogP contribution in [0.1, 0.15) is 20.7 Å². The minimum absolute atomic E-state index is 0.156. The zero-order chi connectivity index (χ0) is 20.0. The molecule has 2 aromatic rings. The third kappa shape index (κ3) is 5.11. The van der Waals surface area contributed by atoms with Crippen LogP contribution in [0.5, 0.6) is 11.5 Å². The van der Waals surface area contributed by atoms with Crippen LogP contribution in [0.3, 0.4) is 0 Å². The van der Waals surface area contributed by atoms with Gasteiger partial charge in [-0.15, -0.1) is 0 Å². The Bertz CT molecular complexity index is 884. The fourth-order valence-electron chi connectivity index (χ4n) is 2.19. The highest BCUT2D eigenvalue weighted by Gasteiger charge is 2.15. The maximum Gasteiger partial charge on any atom is 0.322 e. The number of ether oxygens (including phenoxy) is 2. The number of benzene rings is 2. The number of anilines is 1. The normalized spacial score (nSPS) is 10.0. The molecule has 2 rings (SSSR count). The number of nitrogens with one attached hydrogen (secondary N) is 2. The summed E-state index contributed by atoms with van der Waals surface area (Å²) < 4.78 is 10.3. The van der Waals surface area contributed by atoms with Gasteiger partial charge in [-0.25, -0.2) is 0 Å². The Kier molecular flexibility index (Phi) is 6.62. The van der Waals surface area contributed by atoms with Crippen molar-refractivity contribution >= 4 is 35.1 Å². The number of rotatable bonds is 7. The molecule has 9 heteroatoms. The maximum absolute atomic E-state index is 12.5. The van der Waals surface area contributed by atoms with Gasteiger partial charge in [-0.3, -0.25) is 14.4 Å². The van der Waals surface area contributed by atoms with Gasteiger partial charge in [0, 0.05) is 11.1 Å². The average molecular weight is 393 g/mol. The van der Waals surface area contributed by atoms with Gasteiger partial charge in [-0.2, -0.15) is 0 Å². The zero-order valence-electron chi connectivity index (χ0n) is 14.5. The average Bonchev–Trinajstić information content (AvgIpc) is 2.66. The van der Waals surface area contributed by atoms with Crippen LogP contribution in [0.2, 0.25) is 5.02 Å². The summed E-state index contributed by atoms with van der Waals surface area (Å²) in [7, 11) is 2.94. The van der Waals surface area contributed by atoms with Gasteiger partial charge in [0.25, 0.3) is 11.8 Å². The van der Waals surface area contributed by atoms with Gasteiger partial charge in [0.05, 0.1) is 24.9 Å². The van der Waals surface area contributed by atoms with Crippen molar-refractivity contribution in [1.82, 2.24) is 5.32 Å². The lowest BCUT2D eigenvalue weighted by molar-refractivity contribution is -0.135. The number of methoxy groups -OCH3 is 2. The van der Waals surface area contributed by atoms with E-state index in [0.29, 0.717) is 17.1 Å². The standard InChI is InChI=1S/C18H17ClN2O6/c1-26-14-6-4-11(8-15(14)27-2)18(25)21-13-7-10(3-5-12(13)19)17(24)20-9-16(22)23/h3-8H,9H2,1-2H3,(H,20,24)(H,21,25)(H,22,23). The number of amides is 2. The summed E-state index contributed by atoms with van der Waals surface area (Å²) >= 11 is 6.08. The summed E-state index contributed by atoms with van der Waals surface area (Å²) in [5, 5.41) is 13.7. The van der Waals surface area contributed by atoms with E-state index in [0.717, 1.165) is 0 Å².